The maximum absolute atomic E-state index is 13.6. The van der Waals surface area contributed by atoms with Gasteiger partial charge in [0, 0.05) is 53.4 Å². The lowest BCUT2D eigenvalue weighted by Crippen LogP contribution is -2.59. The van der Waals surface area contributed by atoms with Gasteiger partial charge in [-0.2, -0.15) is 4.98 Å². The molecule has 11 heteroatoms. The third-order valence-electron chi connectivity index (χ3n) is 6.26. The Labute approximate surface area is 211 Å². The Hall–Kier alpha value is -3.57. The van der Waals surface area contributed by atoms with Crippen molar-refractivity contribution in [2.75, 3.05) is 49.6 Å². The second kappa shape index (κ2) is 10.6. The molecule has 0 aliphatic carbocycles. The smallest absolute Gasteiger partial charge is 0.302 e. The Kier molecular flexibility index (Phi) is 7.51. The summed E-state index contributed by atoms with van der Waals surface area (Å²) in [5.41, 5.74) is 2.45. The third kappa shape index (κ3) is 5.97. The number of benzene rings is 2. The highest BCUT2D eigenvalue weighted by atomic mass is 19.1. The van der Waals surface area contributed by atoms with Crippen LogP contribution < -0.4 is 10.2 Å². The Morgan fingerprint density at radius 3 is 2.44 bits per heavy atom. The van der Waals surface area contributed by atoms with Crippen LogP contribution in [0.3, 0.4) is 0 Å². The Balaban J connectivity index is 0.00000253. The number of carbonyl (C=O) groups excluding carboxylic acids is 1. The fourth-order valence-corrected chi connectivity index (χ4v) is 4.26. The average molecular weight is 505 g/mol. The monoisotopic (exact) mass is 504 g/mol. The van der Waals surface area contributed by atoms with Gasteiger partial charge in [0.15, 0.2) is 0 Å². The summed E-state index contributed by atoms with van der Waals surface area (Å²) in [6.07, 6.45) is 1.39. The van der Waals surface area contributed by atoms with Crippen molar-refractivity contribution in [3.63, 3.8) is 0 Å². The van der Waals surface area contributed by atoms with Crippen molar-refractivity contribution in [3.05, 3.63) is 59.9 Å². The molecule has 0 bridgehead atoms. The van der Waals surface area contributed by atoms with E-state index in [4.69, 9.17) is 4.74 Å². The first-order valence-corrected chi connectivity index (χ1v) is 11.7. The van der Waals surface area contributed by atoms with Gasteiger partial charge in [-0.05, 0) is 49.7 Å². The predicted molar refractivity (Wildman–Crippen MR) is 136 cm³/mol. The third-order valence-corrected chi connectivity index (χ3v) is 6.26. The van der Waals surface area contributed by atoms with Gasteiger partial charge in [0.1, 0.15) is 24.6 Å². The predicted octanol–water partition coefficient (Wildman–Crippen LogP) is 3.53. The number of hydrogen-bond acceptors (Lipinski definition) is 8. The standard InChI is InChI=1S/C25H30F2N6O3.2H2/c1-17-8-21(29-24-28-16-33(30-24)23-11-19(26)10-20(27)12-23)13-22(9-17)31-4-6-32(7-5-31)25(3,14-34)15-36-18(2)35;;/h8-13,16,34H,4-7,14-15H2,1-3H3,(H,29,30);2*1H. The van der Waals surface area contributed by atoms with E-state index >= 15 is 0 Å². The molecule has 36 heavy (non-hydrogen) atoms. The minimum Gasteiger partial charge on any atom is -0.464 e. The molecule has 9 nitrogen and oxygen atoms in total. The van der Waals surface area contributed by atoms with E-state index in [0.717, 1.165) is 36.1 Å². The lowest BCUT2D eigenvalue weighted by Gasteiger charge is -2.45. The number of ether oxygens (including phenoxy) is 1. The van der Waals surface area contributed by atoms with Crippen molar-refractivity contribution in [2.45, 2.75) is 26.3 Å². The number of hydrogen-bond donors (Lipinski definition) is 2. The summed E-state index contributed by atoms with van der Waals surface area (Å²) in [4.78, 5) is 19.9. The van der Waals surface area contributed by atoms with Gasteiger partial charge < -0.3 is 20.1 Å². The summed E-state index contributed by atoms with van der Waals surface area (Å²) in [6.45, 7) is 8.14. The van der Waals surface area contributed by atoms with E-state index in [2.05, 4.69) is 31.3 Å². The van der Waals surface area contributed by atoms with Crippen LogP contribution in [0.1, 0.15) is 22.3 Å². The maximum Gasteiger partial charge on any atom is 0.302 e. The molecule has 196 valence electrons. The topological polar surface area (TPSA) is 95.8 Å². The number of aryl methyl sites for hydroxylation is 1. The molecule has 1 atom stereocenters. The number of esters is 1. The molecule has 0 amide bonds. The maximum atomic E-state index is 13.6. The molecule has 1 fully saturated rings. The van der Waals surface area contributed by atoms with Crippen LogP contribution in [0, 0.1) is 18.6 Å². The molecule has 1 unspecified atom stereocenters. The van der Waals surface area contributed by atoms with Crippen LogP contribution in [-0.4, -0.2) is 75.7 Å². The molecule has 1 aliphatic heterocycles. The highest BCUT2D eigenvalue weighted by Gasteiger charge is 2.35. The second-order valence-electron chi connectivity index (χ2n) is 9.23. The van der Waals surface area contributed by atoms with Gasteiger partial charge >= 0.3 is 5.97 Å². The van der Waals surface area contributed by atoms with E-state index in [9.17, 15) is 18.7 Å². The van der Waals surface area contributed by atoms with E-state index in [1.807, 2.05) is 26.0 Å². The zero-order valence-corrected chi connectivity index (χ0v) is 20.5. The van der Waals surface area contributed by atoms with Crippen molar-refractivity contribution in [3.8, 4) is 5.69 Å². The molecule has 1 aromatic heterocycles. The highest BCUT2D eigenvalue weighted by Crippen LogP contribution is 2.27. The van der Waals surface area contributed by atoms with Gasteiger partial charge in [-0.3, -0.25) is 9.69 Å². The Morgan fingerprint density at radius 2 is 1.81 bits per heavy atom. The Morgan fingerprint density at radius 1 is 1.11 bits per heavy atom. The number of piperazine rings is 1. The van der Waals surface area contributed by atoms with Gasteiger partial charge in [-0.25, -0.2) is 13.5 Å². The van der Waals surface area contributed by atoms with Gasteiger partial charge in [0.25, 0.3) is 0 Å². The fraction of sp³-hybridized carbons (Fsp3) is 0.400. The van der Waals surface area contributed by atoms with Crippen LogP contribution in [0.2, 0.25) is 0 Å². The number of nitrogens with one attached hydrogen (secondary N) is 1. The normalized spacial score (nSPS) is 16.0. The van der Waals surface area contributed by atoms with E-state index in [1.54, 1.807) is 0 Å². The van der Waals surface area contributed by atoms with Crippen LogP contribution in [0.25, 0.3) is 5.69 Å². The minimum absolute atomic E-state index is 0. The molecule has 3 aromatic rings. The number of nitrogens with zero attached hydrogens (tertiary/aromatic N) is 5. The van der Waals surface area contributed by atoms with Crippen LogP contribution >= 0.6 is 0 Å². The van der Waals surface area contributed by atoms with Crippen LogP contribution in [-0.2, 0) is 9.53 Å². The summed E-state index contributed by atoms with van der Waals surface area (Å²) in [5.74, 6) is -1.45. The van der Waals surface area contributed by atoms with Crippen molar-refractivity contribution in [1.82, 2.24) is 19.7 Å². The lowest BCUT2D eigenvalue weighted by molar-refractivity contribution is -0.146. The van der Waals surface area contributed by atoms with Crippen LogP contribution in [0.4, 0.5) is 26.1 Å². The first kappa shape index (κ1) is 25.5. The molecule has 2 heterocycles. The molecule has 0 spiro atoms. The summed E-state index contributed by atoms with van der Waals surface area (Å²) < 4.78 is 33.6. The molecule has 0 radical (unpaired) electrons. The number of aromatic nitrogens is 3. The first-order valence-electron chi connectivity index (χ1n) is 11.7. The van der Waals surface area contributed by atoms with E-state index in [-0.39, 0.29) is 27.7 Å². The lowest BCUT2D eigenvalue weighted by atomic mass is 10.0. The quantitative estimate of drug-likeness (QED) is 0.450. The molecule has 2 N–H and O–H groups in total. The molecular weight excluding hydrogens is 470 g/mol. The SMILES string of the molecule is CC(=O)OCC(C)(CO)N1CCN(c2cc(C)cc(Nc3ncn(-c4cc(F)cc(F)c4)n3)c2)CC1.[HH].[HH]. The highest BCUT2D eigenvalue weighted by molar-refractivity contribution is 5.66. The molecule has 2 aromatic carbocycles. The van der Waals surface area contributed by atoms with Crippen molar-refractivity contribution in [1.29, 1.82) is 0 Å². The number of aliphatic hydroxyl groups excluding tert-OH is 1. The van der Waals surface area contributed by atoms with Gasteiger partial charge in [-0.15, -0.1) is 5.10 Å². The second-order valence-corrected chi connectivity index (χ2v) is 9.23. The molecule has 1 aliphatic rings. The Bertz CT molecular complexity index is 1220. The summed E-state index contributed by atoms with van der Waals surface area (Å²) in [5, 5.41) is 17.4. The number of anilines is 3. The van der Waals surface area contributed by atoms with E-state index in [1.165, 1.54) is 30.1 Å². The minimum atomic E-state index is -0.691. The summed E-state index contributed by atoms with van der Waals surface area (Å²) in [6, 6.07) is 9.21. The van der Waals surface area contributed by atoms with Crippen LogP contribution in [0.5, 0.6) is 0 Å². The molecule has 0 saturated carbocycles. The average Bonchev–Trinajstić information content (AvgIpc) is 3.30. The van der Waals surface area contributed by atoms with E-state index in [0.29, 0.717) is 19.0 Å². The fourth-order valence-electron chi connectivity index (χ4n) is 4.26. The van der Waals surface area contributed by atoms with Gasteiger partial charge in [0.05, 0.1) is 17.8 Å². The molecule has 4 rings (SSSR count). The number of aliphatic hydroxyl groups is 1. The zero-order chi connectivity index (χ0) is 25.9. The molecule has 1 saturated heterocycles. The summed E-state index contributed by atoms with van der Waals surface area (Å²) in [7, 11) is 0. The number of rotatable bonds is 8. The van der Waals surface area contributed by atoms with Crippen LogP contribution in [0.15, 0.2) is 42.7 Å². The summed E-state index contributed by atoms with van der Waals surface area (Å²) >= 11 is 0. The van der Waals surface area contributed by atoms with Gasteiger partial charge in [0.2, 0.25) is 5.95 Å². The van der Waals surface area contributed by atoms with E-state index < -0.39 is 17.2 Å². The molecular formula is C25H34F2N6O3. The largest absolute Gasteiger partial charge is 0.464 e. The van der Waals surface area contributed by atoms with Gasteiger partial charge in [-0.1, -0.05) is 0 Å². The zero-order valence-electron chi connectivity index (χ0n) is 20.5. The van der Waals surface area contributed by atoms with Crippen molar-refractivity contribution in [2.24, 2.45) is 0 Å². The first-order chi connectivity index (χ1) is 17.1. The van der Waals surface area contributed by atoms with Crippen molar-refractivity contribution < 1.29 is 26.3 Å². The number of carbonyl (C=O) groups is 1. The number of halogens is 2. The van der Waals surface area contributed by atoms with Crippen molar-refractivity contribution >= 4 is 23.3 Å².